The van der Waals surface area contributed by atoms with E-state index >= 15 is 0 Å². The van der Waals surface area contributed by atoms with Gasteiger partial charge >= 0.3 is 0 Å². The Bertz CT molecular complexity index is 713. The van der Waals surface area contributed by atoms with Crippen LogP contribution in [0.5, 0.6) is 0 Å². The van der Waals surface area contributed by atoms with Gasteiger partial charge in [-0.1, -0.05) is 18.2 Å². The van der Waals surface area contributed by atoms with E-state index in [4.69, 9.17) is 0 Å². The molecule has 4 rings (SSSR count). The third kappa shape index (κ3) is 4.66. The van der Waals surface area contributed by atoms with Gasteiger partial charge in [0.2, 0.25) is 5.91 Å². The highest BCUT2D eigenvalue weighted by Gasteiger charge is 2.33. The zero-order chi connectivity index (χ0) is 20.2. The van der Waals surface area contributed by atoms with Crippen molar-refractivity contribution in [3.63, 3.8) is 0 Å². The van der Waals surface area contributed by atoms with Gasteiger partial charge in [0.1, 0.15) is 0 Å². The fraction of sp³-hybridized carbons (Fsp3) is 0.667. The molecule has 0 radical (unpaired) electrons. The van der Waals surface area contributed by atoms with Crippen LogP contribution in [0.2, 0.25) is 0 Å². The van der Waals surface area contributed by atoms with Gasteiger partial charge in [0.05, 0.1) is 0 Å². The Kier molecular flexibility index (Phi) is 6.53. The summed E-state index contributed by atoms with van der Waals surface area (Å²) in [5.41, 5.74) is 1.89. The van der Waals surface area contributed by atoms with E-state index in [1.54, 1.807) is 0 Å². The van der Waals surface area contributed by atoms with Crippen LogP contribution in [-0.2, 0) is 4.79 Å². The van der Waals surface area contributed by atoms with Crippen LogP contribution in [0.1, 0.15) is 60.9 Å². The molecule has 3 aliphatic heterocycles. The molecule has 3 heterocycles. The summed E-state index contributed by atoms with van der Waals surface area (Å²) < 4.78 is 0. The van der Waals surface area contributed by atoms with Crippen LogP contribution in [0.25, 0.3) is 0 Å². The molecule has 0 aromatic heterocycles. The van der Waals surface area contributed by atoms with Crippen LogP contribution >= 0.6 is 0 Å². The maximum atomic E-state index is 12.8. The van der Waals surface area contributed by atoms with Crippen molar-refractivity contribution in [2.24, 2.45) is 5.92 Å². The Balaban J connectivity index is 1.24. The Labute approximate surface area is 175 Å². The Morgan fingerprint density at radius 2 is 1.45 bits per heavy atom. The number of benzene rings is 1. The summed E-state index contributed by atoms with van der Waals surface area (Å²) in [6.45, 7) is 7.67. The van der Waals surface area contributed by atoms with Gasteiger partial charge in [-0.25, -0.2) is 0 Å². The van der Waals surface area contributed by atoms with E-state index in [1.165, 1.54) is 19.3 Å². The van der Waals surface area contributed by atoms with E-state index < -0.39 is 0 Å². The Morgan fingerprint density at radius 1 is 0.793 bits per heavy atom. The molecule has 0 aliphatic carbocycles. The van der Waals surface area contributed by atoms with Crippen LogP contribution in [0.3, 0.4) is 0 Å². The number of carbonyl (C=O) groups excluding carboxylic acids is 2. The third-order valence-corrected chi connectivity index (χ3v) is 7.19. The fourth-order valence-corrected chi connectivity index (χ4v) is 5.30. The zero-order valence-electron chi connectivity index (χ0n) is 17.8. The lowest BCUT2D eigenvalue weighted by Gasteiger charge is -2.42. The molecule has 2 amide bonds. The summed E-state index contributed by atoms with van der Waals surface area (Å²) in [7, 11) is 0. The summed E-state index contributed by atoms with van der Waals surface area (Å²) in [6, 6.07) is 8.44. The number of carbonyl (C=O) groups is 2. The molecule has 0 spiro atoms. The van der Waals surface area contributed by atoms with E-state index in [-0.39, 0.29) is 11.8 Å². The minimum absolute atomic E-state index is 0.174. The molecule has 0 saturated carbocycles. The maximum Gasteiger partial charge on any atom is 0.254 e. The van der Waals surface area contributed by atoms with Crippen LogP contribution in [0.4, 0.5) is 0 Å². The molecular formula is C24H35N3O2. The summed E-state index contributed by atoms with van der Waals surface area (Å²) >= 11 is 0. The first-order valence-corrected chi connectivity index (χ1v) is 11.5. The molecule has 0 N–H and O–H groups in total. The molecule has 1 aromatic rings. The highest BCUT2D eigenvalue weighted by atomic mass is 16.2. The second kappa shape index (κ2) is 9.29. The predicted octanol–water partition coefficient (Wildman–Crippen LogP) is 3.32. The largest absolute Gasteiger partial charge is 0.342 e. The van der Waals surface area contributed by atoms with Crippen molar-refractivity contribution in [1.29, 1.82) is 0 Å². The summed E-state index contributed by atoms with van der Waals surface area (Å²) in [4.78, 5) is 32.3. The fourth-order valence-electron chi connectivity index (χ4n) is 5.30. The summed E-state index contributed by atoms with van der Waals surface area (Å²) in [5.74, 6) is 0.808. The number of hydrogen-bond acceptors (Lipinski definition) is 3. The van der Waals surface area contributed by atoms with Crippen molar-refractivity contribution < 1.29 is 9.59 Å². The normalized spacial score (nSPS) is 22.7. The predicted molar refractivity (Wildman–Crippen MR) is 115 cm³/mol. The molecular weight excluding hydrogens is 362 g/mol. The molecule has 3 saturated heterocycles. The quantitative estimate of drug-likeness (QED) is 0.786. The number of rotatable bonds is 3. The smallest absolute Gasteiger partial charge is 0.254 e. The van der Waals surface area contributed by atoms with Gasteiger partial charge in [0.15, 0.2) is 0 Å². The first-order valence-electron chi connectivity index (χ1n) is 11.5. The van der Waals surface area contributed by atoms with Crippen molar-refractivity contribution in [3.05, 3.63) is 35.4 Å². The van der Waals surface area contributed by atoms with Gasteiger partial charge in [-0.2, -0.15) is 0 Å². The molecule has 29 heavy (non-hydrogen) atoms. The van der Waals surface area contributed by atoms with Gasteiger partial charge in [-0.05, 0) is 76.6 Å². The van der Waals surface area contributed by atoms with E-state index in [9.17, 15) is 9.59 Å². The van der Waals surface area contributed by atoms with Gasteiger partial charge in [-0.3, -0.25) is 9.59 Å². The van der Waals surface area contributed by atoms with Crippen LogP contribution in [-0.4, -0.2) is 71.8 Å². The first-order chi connectivity index (χ1) is 14.1. The van der Waals surface area contributed by atoms with Crippen LogP contribution < -0.4 is 0 Å². The van der Waals surface area contributed by atoms with E-state index in [2.05, 4.69) is 9.80 Å². The van der Waals surface area contributed by atoms with Gasteiger partial charge in [0.25, 0.3) is 5.91 Å². The van der Waals surface area contributed by atoms with Crippen molar-refractivity contribution in [2.75, 3.05) is 39.3 Å². The average Bonchev–Trinajstić information content (AvgIpc) is 2.79. The number of amides is 2. The van der Waals surface area contributed by atoms with E-state index in [0.29, 0.717) is 11.9 Å². The molecule has 1 aromatic carbocycles. The second-order valence-corrected chi connectivity index (χ2v) is 9.03. The number of likely N-dealkylation sites (tertiary alicyclic amines) is 3. The highest BCUT2D eigenvalue weighted by Crippen LogP contribution is 2.27. The Morgan fingerprint density at radius 3 is 2.10 bits per heavy atom. The summed E-state index contributed by atoms with van der Waals surface area (Å²) in [6.07, 6.45) is 7.70. The van der Waals surface area contributed by atoms with Gasteiger partial charge in [0, 0.05) is 43.7 Å². The molecule has 3 aliphatic rings. The number of nitrogens with zero attached hydrogens (tertiary/aromatic N) is 3. The van der Waals surface area contributed by atoms with Crippen molar-refractivity contribution in [2.45, 2.75) is 57.9 Å². The number of hydrogen-bond donors (Lipinski definition) is 0. The number of aryl methyl sites for hydroxylation is 1. The van der Waals surface area contributed by atoms with Crippen LogP contribution in [0.15, 0.2) is 24.3 Å². The van der Waals surface area contributed by atoms with Gasteiger partial charge < -0.3 is 14.7 Å². The van der Waals surface area contributed by atoms with Crippen LogP contribution in [0, 0.1) is 12.8 Å². The zero-order valence-corrected chi connectivity index (χ0v) is 17.8. The molecule has 5 nitrogen and oxygen atoms in total. The van der Waals surface area contributed by atoms with Crippen molar-refractivity contribution >= 4 is 11.8 Å². The lowest BCUT2D eigenvalue weighted by atomic mass is 9.91. The second-order valence-electron chi connectivity index (χ2n) is 9.03. The molecule has 158 valence electrons. The lowest BCUT2D eigenvalue weighted by molar-refractivity contribution is -0.138. The lowest BCUT2D eigenvalue weighted by Crippen LogP contribution is -2.50. The first kappa shape index (κ1) is 20.4. The maximum absolute atomic E-state index is 12.8. The third-order valence-electron chi connectivity index (χ3n) is 7.19. The average molecular weight is 398 g/mol. The molecule has 0 unspecified atom stereocenters. The molecule has 0 atom stereocenters. The van der Waals surface area contributed by atoms with Gasteiger partial charge in [-0.15, -0.1) is 0 Å². The van der Waals surface area contributed by atoms with E-state index in [0.717, 1.165) is 76.1 Å². The highest BCUT2D eigenvalue weighted by molar-refractivity contribution is 5.95. The minimum Gasteiger partial charge on any atom is -0.342 e. The SMILES string of the molecule is Cc1ccccc1C(=O)N1CCC(N2CCC(C(=O)N3CCCCC3)CC2)CC1. The summed E-state index contributed by atoms with van der Waals surface area (Å²) in [5, 5.41) is 0. The molecule has 5 heteroatoms. The van der Waals surface area contributed by atoms with Crippen molar-refractivity contribution in [1.82, 2.24) is 14.7 Å². The number of piperidine rings is 3. The monoisotopic (exact) mass is 397 g/mol. The molecule has 0 bridgehead atoms. The van der Waals surface area contributed by atoms with E-state index in [1.807, 2.05) is 36.1 Å². The minimum atomic E-state index is 0.174. The topological polar surface area (TPSA) is 43.9 Å². The Hall–Kier alpha value is -1.88. The van der Waals surface area contributed by atoms with Crippen molar-refractivity contribution in [3.8, 4) is 0 Å². The standard InChI is InChI=1S/C24H35N3O2/c1-19-7-3-4-8-22(19)24(29)27-17-11-21(12-18-27)25-15-9-20(10-16-25)23(28)26-13-5-2-6-14-26/h3-4,7-8,20-21H,2,5-6,9-18H2,1H3. The molecule has 3 fully saturated rings.